The normalized spacial score (nSPS) is 17.0. The fourth-order valence-corrected chi connectivity index (χ4v) is 2.00. The summed E-state index contributed by atoms with van der Waals surface area (Å²) in [4.78, 5) is 0. The Morgan fingerprint density at radius 1 is 0.952 bits per heavy atom. The zero-order valence-electron chi connectivity index (χ0n) is 10.8. The average Bonchev–Trinajstić information content (AvgIpc) is 2.47. The van der Waals surface area contributed by atoms with Gasteiger partial charge in [0, 0.05) is 5.56 Å². The van der Waals surface area contributed by atoms with Crippen LogP contribution in [0.4, 0.5) is 13.2 Å². The van der Waals surface area contributed by atoms with Gasteiger partial charge < -0.3 is 9.47 Å². The van der Waals surface area contributed by atoms with Crippen LogP contribution in [0.3, 0.4) is 0 Å². The fraction of sp³-hybridized carbons (Fsp3) is 0.125. The third-order valence-electron chi connectivity index (χ3n) is 2.99. The molecule has 0 amide bonds. The molecule has 2 nitrogen and oxygen atoms in total. The molecule has 0 bridgehead atoms. The van der Waals surface area contributed by atoms with Crippen LogP contribution in [0, 0.1) is 0 Å². The first-order chi connectivity index (χ1) is 10.0. The molecule has 0 aliphatic carbocycles. The summed E-state index contributed by atoms with van der Waals surface area (Å²) < 4.78 is 48.4. The van der Waals surface area contributed by atoms with Crippen molar-refractivity contribution in [3.8, 4) is 17.2 Å². The Balaban J connectivity index is 1.82. The van der Waals surface area contributed by atoms with Crippen LogP contribution in [0.1, 0.15) is 5.56 Å². The predicted octanol–water partition coefficient (Wildman–Crippen LogP) is 4.82. The summed E-state index contributed by atoms with van der Waals surface area (Å²) in [5.41, 5.74) is 0.559. The number of para-hydroxylation sites is 1. The molecule has 2 aromatic carbocycles. The van der Waals surface area contributed by atoms with E-state index < -0.39 is 12.3 Å². The summed E-state index contributed by atoms with van der Waals surface area (Å²) in [7, 11) is 0. The number of alkyl halides is 3. The van der Waals surface area contributed by atoms with Crippen LogP contribution in [-0.2, 0) is 0 Å². The van der Waals surface area contributed by atoms with E-state index in [9.17, 15) is 13.2 Å². The fourth-order valence-electron chi connectivity index (χ4n) is 2.00. The third-order valence-corrected chi connectivity index (χ3v) is 2.99. The molecule has 5 heteroatoms. The molecule has 0 fully saturated rings. The van der Waals surface area contributed by atoms with Crippen molar-refractivity contribution in [3.63, 3.8) is 0 Å². The van der Waals surface area contributed by atoms with E-state index in [4.69, 9.17) is 9.47 Å². The minimum atomic E-state index is -4.41. The van der Waals surface area contributed by atoms with Gasteiger partial charge in [-0.05, 0) is 36.4 Å². The van der Waals surface area contributed by atoms with E-state index >= 15 is 0 Å². The Bertz CT molecular complexity index is 663. The summed E-state index contributed by atoms with van der Waals surface area (Å²) in [6.07, 6.45) is -3.91. The highest BCUT2D eigenvalue weighted by Crippen LogP contribution is 2.35. The first-order valence-corrected chi connectivity index (χ1v) is 6.31. The molecular formula is C16H11F3O2. The first kappa shape index (κ1) is 13.5. The molecule has 3 rings (SSSR count). The molecule has 21 heavy (non-hydrogen) atoms. The average molecular weight is 292 g/mol. The smallest absolute Gasteiger partial charge is 0.429 e. The SMILES string of the molecule is FC(F)(F)C1C=Cc2cc(Oc3ccccc3)ccc2O1. The molecular weight excluding hydrogens is 281 g/mol. The first-order valence-electron chi connectivity index (χ1n) is 6.31. The molecule has 1 unspecified atom stereocenters. The Labute approximate surface area is 119 Å². The lowest BCUT2D eigenvalue weighted by Gasteiger charge is -2.23. The quantitative estimate of drug-likeness (QED) is 0.790. The van der Waals surface area contributed by atoms with E-state index in [0.29, 0.717) is 17.1 Å². The summed E-state index contributed by atoms with van der Waals surface area (Å²) in [6.45, 7) is 0. The van der Waals surface area contributed by atoms with Crippen molar-refractivity contribution in [2.45, 2.75) is 12.3 Å². The maximum Gasteiger partial charge on any atom is 0.429 e. The maximum atomic E-state index is 12.6. The van der Waals surface area contributed by atoms with Gasteiger partial charge >= 0.3 is 6.18 Å². The van der Waals surface area contributed by atoms with Crippen molar-refractivity contribution < 1.29 is 22.6 Å². The topological polar surface area (TPSA) is 18.5 Å². The Hall–Kier alpha value is -2.43. The van der Waals surface area contributed by atoms with E-state index in [1.54, 1.807) is 24.3 Å². The van der Waals surface area contributed by atoms with Crippen LogP contribution >= 0.6 is 0 Å². The number of hydrogen-bond acceptors (Lipinski definition) is 2. The van der Waals surface area contributed by atoms with E-state index in [0.717, 1.165) is 6.08 Å². The molecule has 0 aromatic heterocycles. The van der Waals surface area contributed by atoms with Gasteiger partial charge in [0.1, 0.15) is 17.2 Å². The molecule has 1 heterocycles. The highest BCUT2D eigenvalue weighted by molar-refractivity contribution is 5.62. The Morgan fingerprint density at radius 2 is 1.71 bits per heavy atom. The summed E-state index contributed by atoms with van der Waals surface area (Å²) >= 11 is 0. The predicted molar refractivity (Wildman–Crippen MR) is 72.5 cm³/mol. The highest BCUT2D eigenvalue weighted by Gasteiger charge is 2.41. The molecule has 0 saturated carbocycles. The number of halogens is 3. The second kappa shape index (κ2) is 5.16. The molecule has 1 aliphatic rings. The molecule has 0 radical (unpaired) electrons. The van der Waals surface area contributed by atoms with Crippen molar-refractivity contribution in [1.29, 1.82) is 0 Å². The van der Waals surface area contributed by atoms with Gasteiger partial charge in [0.15, 0.2) is 0 Å². The minimum Gasteiger partial charge on any atom is -0.476 e. The van der Waals surface area contributed by atoms with Crippen molar-refractivity contribution in [2.24, 2.45) is 0 Å². The molecule has 2 aromatic rings. The summed E-state index contributed by atoms with van der Waals surface area (Å²) in [5.74, 6) is 1.39. The number of benzene rings is 2. The van der Waals surface area contributed by atoms with Gasteiger partial charge in [0.25, 0.3) is 0 Å². The monoisotopic (exact) mass is 292 g/mol. The van der Waals surface area contributed by atoms with Gasteiger partial charge in [-0.1, -0.05) is 24.3 Å². The van der Waals surface area contributed by atoms with Crippen LogP contribution in [0.2, 0.25) is 0 Å². The Kier molecular flexibility index (Phi) is 3.33. The maximum absolute atomic E-state index is 12.6. The van der Waals surface area contributed by atoms with Crippen LogP contribution in [0.25, 0.3) is 6.08 Å². The molecule has 0 saturated heterocycles. The van der Waals surface area contributed by atoms with Crippen LogP contribution < -0.4 is 9.47 Å². The van der Waals surface area contributed by atoms with Crippen LogP contribution in [-0.4, -0.2) is 12.3 Å². The third kappa shape index (κ3) is 3.02. The lowest BCUT2D eigenvalue weighted by atomic mass is 10.1. The number of fused-ring (bicyclic) bond motifs is 1. The largest absolute Gasteiger partial charge is 0.476 e. The highest BCUT2D eigenvalue weighted by atomic mass is 19.4. The minimum absolute atomic E-state index is 0.195. The zero-order valence-corrected chi connectivity index (χ0v) is 10.8. The second-order valence-corrected chi connectivity index (χ2v) is 4.55. The molecule has 0 spiro atoms. The van der Waals surface area contributed by atoms with Gasteiger partial charge in [-0.3, -0.25) is 0 Å². The lowest BCUT2D eigenvalue weighted by molar-refractivity contribution is -0.180. The van der Waals surface area contributed by atoms with Crippen molar-refractivity contribution >= 4 is 6.08 Å². The van der Waals surface area contributed by atoms with Crippen molar-refractivity contribution in [2.75, 3.05) is 0 Å². The van der Waals surface area contributed by atoms with Gasteiger partial charge in [-0.15, -0.1) is 0 Å². The number of rotatable bonds is 2. The molecule has 1 aliphatic heterocycles. The second-order valence-electron chi connectivity index (χ2n) is 4.55. The molecule has 0 N–H and O–H groups in total. The van der Waals surface area contributed by atoms with Crippen molar-refractivity contribution in [3.05, 3.63) is 60.2 Å². The van der Waals surface area contributed by atoms with E-state index in [1.807, 2.05) is 18.2 Å². The van der Waals surface area contributed by atoms with Gasteiger partial charge in [-0.25, -0.2) is 0 Å². The number of hydrogen-bond donors (Lipinski definition) is 0. The lowest BCUT2D eigenvalue weighted by Crippen LogP contribution is -2.33. The Morgan fingerprint density at radius 3 is 2.43 bits per heavy atom. The summed E-state index contributed by atoms with van der Waals surface area (Å²) in [6, 6.07) is 13.8. The van der Waals surface area contributed by atoms with Crippen LogP contribution in [0.5, 0.6) is 17.2 Å². The number of ether oxygens (including phenoxy) is 2. The van der Waals surface area contributed by atoms with E-state index in [2.05, 4.69) is 0 Å². The van der Waals surface area contributed by atoms with Gasteiger partial charge in [-0.2, -0.15) is 13.2 Å². The van der Waals surface area contributed by atoms with Crippen LogP contribution in [0.15, 0.2) is 54.6 Å². The van der Waals surface area contributed by atoms with E-state index in [-0.39, 0.29) is 5.75 Å². The van der Waals surface area contributed by atoms with E-state index in [1.165, 1.54) is 12.1 Å². The van der Waals surface area contributed by atoms with Gasteiger partial charge in [0.2, 0.25) is 6.10 Å². The molecule has 108 valence electrons. The molecule has 1 atom stereocenters. The standard InChI is InChI=1S/C16H11F3O2/c17-16(18,19)15-9-6-11-10-13(7-8-14(11)21-15)20-12-4-2-1-3-5-12/h1-10,15H. The zero-order chi connectivity index (χ0) is 14.9. The van der Waals surface area contributed by atoms with Crippen molar-refractivity contribution in [1.82, 2.24) is 0 Å². The van der Waals surface area contributed by atoms with Gasteiger partial charge in [0.05, 0.1) is 0 Å². The summed E-state index contributed by atoms with van der Waals surface area (Å²) in [5, 5.41) is 0.